The normalized spacial score (nSPS) is 10.4. The second kappa shape index (κ2) is 10.2. The van der Waals surface area contributed by atoms with Crippen LogP contribution in [0.3, 0.4) is 0 Å². The van der Waals surface area contributed by atoms with Crippen LogP contribution in [0.4, 0.5) is 5.69 Å². The van der Waals surface area contributed by atoms with Crippen molar-refractivity contribution < 1.29 is 14.3 Å². The maximum Gasteiger partial charge on any atom is 0.338 e. The van der Waals surface area contributed by atoms with Crippen LogP contribution >= 0.6 is 23.2 Å². The number of rotatable bonds is 8. The second-order valence-electron chi connectivity index (χ2n) is 6.33. The van der Waals surface area contributed by atoms with E-state index in [9.17, 15) is 4.79 Å². The molecule has 150 valence electrons. The third-order valence-electron chi connectivity index (χ3n) is 4.21. The van der Waals surface area contributed by atoms with Crippen LogP contribution in [0.1, 0.15) is 28.4 Å². The summed E-state index contributed by atoms with van der Waals surface area (Å²) < 4.78 is 10.8. The molecule has 0 amide bonds. The highest BCUT2D eigenvalue weighted by Crippen LogP contribution is 2.23. The minimum absolute atomic E-state index is 0.310. The molecule has 0 bridgehead atoms. The molecule has 0 aliphatic rings. The standard InChI is InChI=1S/C23H21Cl2NO3/c1-2-28-23(27)18-6-8-19(9-7-18)26-14-16-3-10-20(11-4-16)29-15-17-5-12-21(24)22(25)13-17/h3-13,26H,2,14-15H2,1H3. The quantitative estimate of drug-likeness (QED) is 0.423. The lowest BCUT2D eigenvalue weighted by molar-refractivity contribution is 0.0526. The van der Waals surface area contributed by atoms with E-state index in [0.717, 1.165) is 22.6 Å². The van der Waals surface area contributed by atoms with Crippen LogP contribution in [-0.2, 0) is 17.9 Å². The Morgan fingerprint density at radius 2 is 1.59 bits per heavy atom. The molecule has 0 fully saturated rings. The van der Waals surface area contributed by atoms with Crippen molar-refractivity contribution in [2.75, 3.05) is 11.9 Å². The van der Waals surface area contributed by atoms with Crippen molar-refractivity contribution in [3.05, 3.63) is 93.5 Å². The Hall–Kier alpha value is -2.69. The van der Waals surface area contributed by atoms with Gasteiger partial charge in [-0.05, 0) is 66.6 Å². The topological polar surface area (TPSA) is 47.6 Å². The average molecular weight is 430 g/mol. The van der Waals surface area contributed by atoms with Gasteiger partial charge >= 0.3 is 5.97 Å². The number of anilines is 1. The van der Waals surface area contributed by atoms with Gasteiger partial charge in [-0.3, -0.25) is 0 Å². The number of hydrogen-bond acceptors (Lipinski definition) is 4. The molecule has 0 unspecified atom stereocenters. The molecule has 0 aromatic heterocycles. The zero-order valence-corrected chi connectivity index (χ0v) is 17.5. The Morgan fingerprint density at radius 3 is 2.24 bits per heavy atom. The highest BCUT2D eigenvalue weighted by molar-refractivity contribution is 6.42. The van der Waals surface area contributed by atoms with E-state index >= 15 is 0 Å². The highest BCUT2D eigenvalue weighted by Gasteiger charge is 2.05. The lowest BCUT2D eigenvalue weighted by Gasteiger charge is -2.10. The van der Waals surface area contributed by atoms with Gasteiger partial charge in [0.05, 0.1) is 22.2 Å². The molecule has 0 heterocycles. The fraction of sp³-hybridized carbons (Fsp3) is 0.174. The van der Waals surface area contributed by atoms with Crippen LogP contribution < -0.4 is 10.1 Å². The Kier molecular flexibility index (Phi) is 7.39. The summed E-state index contributed by atoms with van der Waals surface area (Å²) in [5, 5.41) is 4.38. The Morgan fingerprint density at radius 1 is 0.897 bits per heavy atom. The van der Waals surface area contributed by atoms with Gasteiger partial charge in [0, 0.05) is 12.2 Å². The largest absolute Gasteiger partial charge is 0.489 e. The highest BCUT2D eigenvalue weighted by atomic mass is 35.5. The fourth-order valence-electron chi connectivity index (χ4n) is 2.64. The van der Waals surface area contributed by atoms with Crippen LogP contribution in [0.5, 0.6) is 5.75 Å². The Bertz CT molecular complexity index is 957. The summed E-state index contributed by atoms with van der Waals surface area (Å²) >= 11 is 11.9. The first kappa shape index (κ1) is 21.0. The molecule has 0 atom stereocenters. The molecule has 0 saturated heterocycles. The molecular formula is C23H21Cl2NO3. The van der Waals surface area contributed by atoms with Crippen molar-refractivity contribution in [3.63, 3.8) is 0 Å². The summed E-state index contributed by atoms with van der Waals surface area (Å²) in [5.41, 5.74) is 3.54. The summed E-state index contributed by atoms with van der Waals surface area (Å²) in [5.74, 6) is 0.467. The molecule has 29 heavy (non-hydrogen) atoms. The fourth-order valence-corrected chi connectivity index (χ4v) is 2.96. The first-order chi connectivity index (χ1) is 14.0. The smallest absolute Gasteiger partial charge is 0.338 e. The predicted octanol–water partition coefficient (Wildman–Crippen LogP) is 6.36. The lowest BCUT2D eigenvalue weighted by Crippen LogP contribution is -2.05. The molecule has 0 radical (unpaired) electrons. The number of carbonyl (C=O) groups is 1. The van der Waals surface area contributed by atoms with Crippen LogP contribution in [-0.4, -0.2) is 12.6 Å². The van der Waals surface area contributed by atoms with E-state index in [-0.39, 0.29) is 5.97 Å². The number of esters is 1. The van der Waals surface area contributed by atoms with Gasteiger partial charge in [0.2, 0.25) is 0 Å². The van der Waals surface area contributed by atoms with Crippen molar-refractivity contribution in [3.8, 4) is 5.75 Å². The molecule has 3 aromatic carbocycles. The summed E-state index contributed by atoms with van der Waals surface area (Å²) in [7, 11) is 0. The summed E-state index contributed by atoms with van der Waals surface area (Å²) in [4.78, 5) is 11.7. The summed E-state index contributed by atoms with van der Waals surface area (Å²) in [6, 6.07) is 20.5. The number of halogens is 2. The lowest BCUT2D eigenvalue weighted by atomic mass is 10.2. The van der Waals surface area contributed by atoms with E-state index in [1.165, 1.54) is 0 Å². The monoisotopic (exact) mass is 429 g/mol. The molecule has 6 heteroatoms. The number of benzene rings is 3. The third-order valence-corrected chi connectivity index (χ3v) is 4.94. The zero-order chi connectivity index (χ0) is 20.6. The van der Waals surface area contributed by atoms with E-state index < -0.39 is 0 Å². The second-order valence-corrected chi connectivity index (χ2v) is 7.15. The Labute approximate surface area is 180 Å². The van der Waals surface area contributed by atoms with Crippen molar-refractivity contribution in [2.24, 2.45) is 0 Å². The molecule has 0 spiro atoms. The van der Waals surface area contributed by atoms with Gasteiger partial charge in [-0.1, -0.05) is 41.4 Å². The van der Waals surface area contributed by atoms with E-state index in [2.05, 4.69) is 5.32 Å². The molecule has 3 rings (SSSR count). The van der Waals surface area contributed by atoms with Gasteiger partial charge in [-0.2, -0.15) is 0 Å². The first-order valence-corrected chi connectivity index (χ1v) is 9.97. The molecule has 3 aromatic rings. The SMILES string of the molecule is CCOC(=O)c1ccc(NCc2ccc(OCc3ccc(Cl)c(Cl)c3)cc2)cc1. The minimum atomic E-state index is -0.310. The predicted molar refractivity (Wildman–Crippen MR) is 117 cm³/mol. The van der Waals surface area contributed by atoms with Gasteiger partial charge in [-0.15, -0.1) is 0 Å². The van der Waals surface area contributed by atoms with Crippen molar-refractivity contribution >= 4 is 34.9 Å². The van der Waals surface area contributed by atoms with E-state index in [0.29, 0.717) is 35.4 Å². The molecule has 0 saturated carbocycles. The van der Waals surface area contributed by atoms with Gasteiger partial charge in [0.25, 0.3) is 0 Å². The van der Waals surface area contributed by atoms with E-state index in [1.807, 2.05) is 42.5 Å². The van der Waals surface area contributed by atoms with Crippen LogP contribution in [0, 0.1) is 0 Å². The van der Waals surface area contributed by atoms with Gasteiger partial charge < -0.3 is 14.8 Å². The van der Waals surface area contributed by atoms with E-state index in [1.54, 1.807) is 31.2 Å². The minimum Gasteiger partial charge on any atom is -0.489 e. The van der Waals surface area contributed by atoms with Crippen LogP contribution in [0.25, 0.3) is 0 Å². The number of carbonyl (C=O) groups excluding carboxylic acids is 1. The number of ether oxygens (including phenoxy) is 2. The summed E-state index contributed by atoms with van der Waals surface area (Å²) in [6.07, 6.45) is 0. The molecule has 0 aliphatic carbocycles. The Balaban J connectivity index is 1.50. The number of nitrogens with one attached hydrogen (secondary N) is 1. The van der Waals surface area contributed by atoms with Gasteiger partial charge in [0.15, 0.2) is 0 Å². The van der Waals surface area contributed by atoms with Crippen LogP contribution in [0.2, 0.25) is 10.0 Å². The van der Waals surface area contributed by atoms with Gasteiger partial charge in [0.1, 0.15) is 12.4 Å². The van der Waals surface area contributed by atoms with Crippen molar-refractivity contribution in [1.82, 2.24) is 0 Å². The molecule has 1 N–H and O–H groups in total. The van der Waals surface area contributed by atoms with Crippen LogP contribution in [0.15, 0.2) is 66.7 Å². The van der Waals surface area contributed by atoms with Crippen molar-refractivity contribution in [2.45, 2.75) is 20.1 Å². The zero-order valence-electron chi connectivity index (χ0n) is 16.0. The maximum absolute atomic E-state index is 11.7. The first-order valence-electron chi connectivity index (χ1n) is 9.22. The van der Waals surface area contributed by atoms with Gasteiger partial charge in [-0.25, -0.2) is 4.79 Å². The van der Waals surface area contributed by atoms with Crippen molar-refractivity contribution in [1.29, 1.82) is 0 Å². The molecular weight excluding hydrogens is 409 g/mol. The van der Waals surface area contributed by atoms with E-state index in [4.69, 9.17) is 32.7 Å². The molecule has 0 aliphatic heterocycles. The number of hydrogen-bond donors (Lipinski definition) is 1. The average Bonchev–Trinajstić information content (AvgIpc) is 2.74. The maximum atomic E-state index is 11.7. The summed E-state index contributed by atoms with van der Waals surface area (Å²) in [6.45, 7) is 3.23. The third kappa shape index (κ3) is 6.14. The molecule has 4 nitrogen and oxygen atoms in total.